The second-order valence-electron chi connectivity index (χ2n) is 27.0. The number of carbonyl (C=O) groups excluding carboxylic acids is 4. The molecule has 0 bridgehead atoms. The van der Waals surface area contributed by atoms with Gasteiger partial charge in [0.05, 0.1) is 26.4 Å². The molecule has 108 heavy (non-hydrogen) atoms. The highest BCUT2D eigenvalue weighted by atomic mass is 31.2. The summed E-state index contributed by atoms with van der Waals surface area (Å²) in [6.07, 6.45) is 95.0. The summed E-state index contributed by atoms with van der Waals surface area (Å²) in [4.78, 5) is 73.1. The zero-order valence-electron chi connectivity index (χ0n) is 67.2. The second-order valence-corrected chi connectivity index (χ2v) is 29.9. The van der Waals surface area contributed by atoms with Crippen molar-refractivity contribution in [3.05, 3.63) is 170 Å². The quantitative estimate of drug-likeness (QED) is 0.0169. The number of aliphatic hydroxyl groups is 1. The topological polar surface area (TPSA) is 237 Å². The van der Waals surface area contributed by atoms with Crippen LogP contribution < -0.4 is 0 Å². The maximum absolute atomic E-state index is 13.1. The number of ether oxygens (including phenoxy) is 4. The van der Waals surface area contributed by atoms with Crippen LogP contribution in [0.5, 0.6) is 0 Å². The fourth-order valence-electron chi connectivity index (χ4n) is 10.3. The first-order valence-corrected chi connectivity index (χ1v) is 44.4. The lowest BCUT2D eigenvalue weighted by Gasteiger charge is -2.21. The molecule has 0 rings (SSSR count). The van der Waals surface area contributed by atoms with Crippen LogP contribution in [0.1, 0.15) is 310 Å². The minimum Gasteiger partial charge on any atom is -0.462 e. The Balaban J connectivity index is 5.56. The number of phosphoric ester groups is 2. The smallest absolute Gasteiger partial charge is 0.462 e. The third-order valence-corrected chi connectivity index (χ3v) is 18.5. The number of hydrogen-bond donors (Lipinski definition) is 3. The molecule has 0 fully saturated rings. The van der Waals surface area contributed by atoms with Gasteiger partial charge in [0.25, 0.3) is 0 Å². The van der Waals surface area contributed by atoms with Gasteiger partial charge in [0, 0.05) is 25.7 Å². The number of esters is 4. The highest BCUT2D eigenvalue weighted by Gasteiger charge is 2.30. The minimum absolute atomic E-state index is 0.00382. The Kier molecular flexibility index (Phi) is 75.4. The van der Waals surface area contributed by atoms with E-state index in [2.05, 4.69) is 155 Å². The lowest BCUT2D eigenvalue weighted by atomic mass is 10.1. The van der Waals surface area contributed by atoms with E-state index in [4.69, 9.17) is 37.0 Å². The van der Waals surface area contributed by atoms with Crippen molar-refractivity contribution < 1.29 is 80.2 Å². The molecule has 2 unspecified atom stereocenters. The normalized spacial score (nSPS) is 14.7. The highest BCUT2D eigenvalue weighted by molar-refractivity contribution is 7.47. The predicted octanol–water partition coefficient (Wildman–Crippen LogP) is 24.6. The molecular weight excluding hydrogens is 1400 g/mol. The first kappa shape index (κ1) is 102. The van der Waals surface area contributed by atoms with Gasteiger partial charge in [0.2, 0.25) is 0 Å². The minimum atomic E-state index is -5.02. The molecule has 0 aliphatic rings. The molecule has 0 radical (unpaired) electrons. The van der Waals surface area contributed by atoms with E-state index in [1.807, 2.05) is 42.5 Å². The standard InChI is InChI=1S/C89H146O17P2/c1-5-9-13-17-21-25-29-33-37-40-41-44-46-50-54-58-62-66-70-74-87(92)100-80-85(106-89(94)76-72-68-64-60-56-52-48-43-39-35-31-27-23-19-15-11-7-3)82-104-108(97,98)102-78-83(90)77-101-107(95,96)103-81-84(79-99-86(91)73-69-65-61-57-53-49-45-36-32-28-24-20-16-12-8-4)105-88(93)75-71-67-63-59-55-51-47-42-38-34-30-26-22-18-14-10-6-2/h21-23,25-28,32-35,37-39,41,44,47-48,50-52,54,59-60,62-64,66,83-85,90H,5-20,24,29-31,36,40,42-43,45-46,49,53,55-58,61,65,67-82H2,1-4H3,(H,95,96)(H,97,98)/b25-21-,26-22-,27-23-,32-28-,37-33-,38-34-,39-35-,44-41-,51-47-,52-48-,54-50-,63-59-,64-60-,66-62-/t83-,84+,85+/m0/s1. The maximum Gasteiger partial charge on any atom is 0.472 e. The monoisotopic (exact) mass is 1550 g/mol. The molecule has 19 heteroatoms. The van der Waals surface area contributed by atoms with Gasteiger partial charge in [0.1, 0.15) is 19.3 Å². The van der Waals surface area contributed by atoms with Crippen molar-refractivity contribution in [3.63, 3.8) is 0 Å². The Morgan fingerprint density at radius 3 is 0.806 bits per heavy atom. The Morgan fingerprint density at radius 1 is 0.259 bits per heavy atom. The van der Waals surface area contributed by atoms with Gasteiger partial charge in [-0.25, -0.2) is 9.13 Å². The summed E-state index contributed by atoms with van der Waals surface area (Å²) in [5.74, 6) is -2.42. The molecule has 0 saturated carbocycles. The molecule has 0 aliphatic carbocycles. The number of phosphoric acid groups is 2. The largest absolute Gasteiger partial charge is 0.472 e. The van der Waals surface area contributed by atoms with E-state index >= 15 is 0 Å². The maximum atomic E-state index is 13.1. The Bertz CT molecular complexity index is 2710. The SMILES string of the molecule is CCCCC/C=C\C/C=C\C/C=C\C/C=C\C/C=C\CCC(=O)OC[C@H](COP(=O)(O)OC[C@@H](O)COP(=O)(O)OC[C@@H](COC(=O)CCCCCCCCC/C=C\CCCCCC)OC(=O)CCC/C=C\C/C=C\C/C=C\C/C=C\CCCCC)OC(=O)CCC/C=C\C/C=C\C/C=C\C/C=C\CCCCC. The van der Waals surface area contributed by atoms with Crippen LogP contribution in [0.2, 0.25) is 0 Å². The Morgan fingerprint density at radius 2 is 0.481 bits per heavy atom. The van der Waals surface area contributed by atoms with Crippen molar-refractivity contribution in [2.24, 2.45) is 0 Å². The van der Waals surface area contributed by atoms with Gasteiger partial charge in [-0.2, -0.15) is 0 Å². The second kappa shape index (κ2) is 79.5. The molecule has 0 heterocycles. The zero-order chi connectivity index (χ0) is 78.9. The van der Waals surface area contributed by atoms with Crippen molar-refractivity contribution in [3.8, 4) is 0 Å². The number of rotatable bonds is 76. The summed E-state index contributed by atoms with van der Waals surface area (Å²) in [6, 6.07) is 0. The zero-order valence-corrected chi connectivity index (χ0v) is 69.0. The Hall–Kier alpha value is -5.58. The molecule has 0 amide bonds. The Labute approximate surface area is 654 Å². The molecule has 0 saturated heterocycles. The third kappa shape index (κ3) is 78.5. The van der Waals surface area contributed by atoms with Gasteiger partial charge in [-0.15, -0.1) is 0 Å². The number of carbonyl (C=O) groups is 4. The molecular formula is C89H146O17P2. The molecule has 3 N–H and O–H groups in total. The fraction of sp³-hybridized carbons (Fsp3) is 0.640. The summed E-state index contributed by atoms with van der Waals surface area (Å²) in [7, 11) is -10.0. The molecule has 5 atom stereocenters. The summed E-state index contributed by atoms with van der Waals surface area (Å²) in [5.41, 5.74) is 0. The van der Waals surface area contributed by atoms with E-state index in [1.165, 1.54) is 83.5 Å². The van der Waals surface area contributed by atoms with Crippen molar-refractivity contribution in [2.45, 2.75) is 329 Å². The fourth-order valence-corrected chi connectivity index (χ4v) is 11.9. The van der Waals surface area contributed by atoms with E-state index < -0.39 is 97.5 Å². The van der Waals surface area contributed by atoms with E-state index in [0.29, 0.717) is 44.9 Å². The average molecular weight is 1550 g/mol. The summed E-state index contributed by atoms with van der Waals surface area (Å²) in [5, 5.41) is 10.7. The first-order valence-electron chi connectivity index (χ1n) is 41.4. The van der Waals surface area contributed by atoms with E-state index in [0.717, 1.165) is 128 Å². The summed E-state index contributed by atoms with van der Waals surface area (Å²) < 4.78 is 68.5. The van der Waals surface area contributed by atoms with Gasteiger partial charge in [-0.3, -0.25) is 37.3 Å². The van der Waals surface area contributed by atoms with Crippen LogP contribution in [0.25, 0.3) is 0 Å². The van der Waals surface area contributed by atoms with Gasteiger partial charge < -0.3 is 33.8 Å². The average Bonchev–Trinajstić information content (AvgIpc) is 0.903. The van der Waals surface area contributed by atoms with Crippen LogP contribution in [-0.4, -0.2) is 96.7 Å². The van der Waals surface area contributed by atoms with Gasteiger partial charge in [-0.05, 0) is 167 Å². The van der Waals surface area contributed by atoms with Crippen LogP contribution >= 0.6 is 15.6 Å². The van der Waals surface area contributed by atoms with Crippen molar-refractivity contribution in [1.29, 1.82) is 0 Å². The summed E-state index contributed by atoms with van der Waals surface area (Å²) >= 11 is 0. The lowest BCUT2D eigenvalue weighted by molar-refractivity contribution is -0.161. The van der Waals surface area contributed by atoms with E-state index in [9.17, 15) is 43.2 Å². The van der Waals surface area contributed by atoms with Crippen LogP contribution in [0.3, 0.4) is 0 Å². The van der Waals surface area contributed by atoms with Crippen LogP contribution in [0, 0.1) is 0 Å². The van der Waals surface area contributed by atoms with Crippen LogP contribution in [0.15, 0.2) is 170 Å². The first-order chi connectivity index (χ1) is 52.7. The predicted molar refractivity (Wildman–Crippen MR) is 445 cm³/mol. The third-order valence-electron chi connectivity index (χ3n) is 16.6. The molecule has 0 aromatic rings. The number of hydrogen-bond acceptors (Lipinski definition) is 15. The van der Waals surface area contributed by atoms with Crippen LogP contribution in [0.4, 0.5) is 0 Å². The highest BCUT2D eigenvalue weighted by Crippen LogP contribution is 2.45. The number of allylic oxidation sites excluding steroid dienone is 28. The van der Waals surface area contributed by atoms with Crippen molar-refractivity contribution in [1.82, 2.24) is 0 Å². The van der Waals surface area contributed by atoms with Gasteiger partial charge in [0.15, 0.2) is 12.2 Å². The molecule has 0 aromatic carbocycles. The van der Waals surface area contributed by atoms with Gasteiger partial charge in [-0.1, -0.05) is 288 Å². The van der Waals surface area contributed by atoms with Crippen molar-refractivity contribution in [2.75, 3.05) is 39.6 Å². The molecule has 0 aliphatic heterocycles. The number of aliphatic hydroxyl groups excluding tert-OH is 1. The van der Waals surface area contributed by atoms with E-state index in [-0.39, 0.29) is 25.7 Å². The molecule has 17 nitrogen and oxygen atoms in total. The number of unbranched alkanes of at least 4 members (excludes halogenated alkanes) is 22. The molecule has 0 aromatic heterocycles. The summed E-state index contributed by atoms with van der Waals surface area (Å²) in [6.45, 7) is 4.56. The lowest BCUT2D eigenvalue weighted by Crippen LogP contribution is -2.30. The van der Waals surface area contributed by atoms with E-state index in [1.54, 1.807) is 0 Å². The van der Waals surface area contributed by atoms with Crippen LogP contribution in [-0.2, 0) is 65.4 Å². The molecule has 614 valence electrons. The molecule has 0 spiro atoms. The van der Waals surface area contributed by atoms with Crippen molar-refractivity contribution >= 4 is 39.5 Å². The van der Waals surface area contributed by atoms with Gasteiger partial charge >= 0.3 is 39.5 Å².